The number of benzene rings is 1. The molecule has 1 aromatic heterocycles. The van der Waals surface area contributed by atoms with Crippen molar-refractivity contribution in [3.63, 3.8) is 0 Å². The van der Waals surface area contributed by atoms with Crippen LogP contribution in [0.25, 0.3) is 0 Å². The quantitative estimate of drug-likeness (QED) is 0.668. The van der Waals surface area contributed by atoms with Crippen LogP contribution >= 0.6 is 11.8 Å². The van der Waals surface area contributed by atoms with Gasteiger partial charge in [-0.2, -0.15) is 13.2 Å². The van der Waals surface area contributed by atoms with Gasteiger partial charge in [-0.1, -0.05) is 30.0 Å². The van der Waals surface area contributed by atoms with Gasteiger partial charge in [0, 0.05) is 25.5 Å². The number of amidine groups is 1. The van der Waals surface area contributed by atoms with Crippen molar-refractivity contribution in [2.75, 3.05) is 6.54 Å². The maximum absolute atomic E-state index is 12.9. The Balaban J connectivity index is 1.37. The molecule has 8 nitrogen and oxygen atoms in total. The zero-order valence-electron chi connectivity index (χ0n) is 18.1. The number of amides is 3. The molecule has 2 aliphatic rings. The Hall–Kier alpha value is -3.12. The highest BCUT2D eigenvalue weighted by Crippen LogP contribution is 2.33. The number of hydrogen-bond acceptors (Lipinski definition) is 6. The minimum absolute atomic E-state index is 0.0348. The maximum atomic E-state index is 12.9. The summed E-state index contributed by atoms with van der Waals surface area (Å²) in [5, 5.41) is 13.0. The van der Waals surface area contributed by atoms with E-state index < -0.39 is 35.3 Å². The molecule has 0 bridgehead atoms. The van der Waals surface area contributed by atoms with E-state index in [1.807, 2.05) is 6.07 Å². The normalized spacial score (nSPS) is 22.8. The number of halogens is 3. The first kappa shape index (κ1) is 24.0. The number of alkyl halides is 3. The van der Waals surface area contributed by atoms with Gasteiger partial charge in [-0.3, -0.25) is 14.8 Å². The van der Waals surface area contributed by atoms with Gasteiger partial charge in [-0.25, -0.2) is 9.69 Å². The number of carbonyl (C=O) groups is 2. The topological polar surface area (TPSA) is 98.1 Å². The number of aliphatic hydroxyl groups excluding tert-OH is 1. The predicted octanol–water partition coefficient (Wildman–Crippen LogP) is 2.83. The lowest BCUT2D eigenvalue weighted by Crippen LogP contribution is -2.39. The van der Waals surface area contributed by atoms with Crippen LogP contribution in [0.2, 0.25) is 0 Å². The van der Waals surface area contributed by atoms with Crippen LogP contribution in [0.3, 0.4) is 0 Å². The Kier molecular flexibility index (Phi) is 6.80. The Morgan fingerprint density at radius 1 is 1.24 bits per heavy atom. The highest BCUT2D eigenvalue weighted by atomic mass is 32.2. The first-order valence-electron chi connectivity index (χ1n) is 10.5. The van der Waals surface area contributed by atoms with E-state index in [0.717, 1.165) is 34.4 Å². The van der Waals surface area contributed by atoms with Crippen LogP contribution in [-0.4, -0.2) is 61.1 Å². The number of aliphatic hydroxyl groups is 1. The summed E-state index contributed by atoms with van der Waals surface area (Å²) in [6, 6.07) is 7.18. The summed E-state index contributed by atoms with van der Waals surface area (Å²) in [6.07, 6.45) is -2.33. The zero-order valence-corrected chi connectivity index (χ0v) is 18.9. The van der Waals surface area contributed by atoms with Crippen molar-refractivity contribution < 1.29 is 27.9 Å². The molecule has 0 aliphatic carbocycles. The molecule has 2 aromatic rings. The number of carbonyl (C=O) groups excluding carboxylic acids is 2. The van der Waals surface area contributed by atoms with E-state index in [1.165, 1.54) is 17.0 Å². The Labute approximate surface area is 197 Å². The summed E-state index contributed by atoms with van der Waals surface area (Å²) in [4.78, 5) is 36.5. The van der Waals surface area contributed by atoms with E-state index in [4.69, 9.17) is 0 Å². The van der Waals surface area contributed by atoms with Crippen molar-refractivity contribution in [1.29, 1.82) is 0 Å². The first-order valence-corrected chi connectivity index (χ1v) is 11.3. The molecule has 180 valence electrons. The second kappa shape index (κ2) is 9.63. The average Bonchev–Trinajstić information content (AvgIpc) is 3.31. The Morgan fingerprint density at radius 2 is 1.97 bits per heavy atom. The minimum Gasteiger partial charge on any atom is -0.371 e. The molecule has 0 radical (unpaired) electrons. The van der Waals surface area contributed by atoms with E-state index in [2.05, 4.69) is 15.3 Å². The third-order valence-electron chi connectivity index (χ3n) is 5.45. The van der Waals surface area contributed by atoms with E-state index in [1.54, 1.807) is 25.4 Å². The summed E-state index contributed by atoms with van der Waals surface area (Å²) in [6.45, 7) is 2.05. The number of thioether (sulfide) groups is 1. The van der Waals surface area contributed by atoms with Gasteiger partial charge in [0.25, 0.3) is 0 Å². The highest BCUT2D eigenvalue weighted by Gasteiger charge is 2.44. The third kappa shape index (κ3) is 5.17. The van der Waals surface area contributed by atoms with E-state index >= 15 is 0 Å². The third-order valence-corrected chi connectivity index (χ3v) is 6.83. The van der Waals surface area contributed by atoms with Gasteiger partial charge < -0.3 is 15.3 Å². The van der Waals surface area contributed by atoms with Crippen LogP contribution in [0.1, 0.15) is 23.6 Å². The van der Waals surface area contributed by atoms with Crippen molar-refractivity contribution in [2.24, 2.45) is 4.99 Å². The van der Waals surface area contributed by atoms with Crippen LogP contribution in [0.15, 0.2) is 53.8 Å². The molecule has 3 heterocycles. The van der Waals surface area contributed by atoms with Crippen molar-refractivity contribution >= 4 is 28.9 Å². The standard InChI is InChI=1S/C22H22F3N5O3S/c1-13-18(19(32)27-10-15-3-2-8-26-9-15)34-20(28-13)30-17(31)12-29(21(30)33)11-14-4-6-16(7-5-14)22(23,24)25/h2-9,13,17-18,31H,10-12H2,1H3,(H,27,32). The molecule has 3 atom stereocenters. The number of β-amino-alcohol motifs (C(OH)–C–C–N with tert-alkyl or cyclic N) is 1. The lowest BCUT2D eigenvalue weighted by molar-refractivity contribution is -0.137. The monoisotopic (exact) mass is 493 g/mol. The lowest BCUT2D eigenvalue weighted by Gasteiger charge is -2.20. The van der Waals surface area contributed by atoms with Crippen LogP contribution in [0.4, 0.5) is 18.0 Å². The number of nitrogens with one attached hydrogen (secondary N) is 1. The number of urea groups is 1. The largest absolute Gasteiger partial charge is 0.416 e. The fraction of sp³-hybridized carbons (Fsp3) is 0.364. The number of nitrogens with zero attached hydrogens (tertiary/aromatic N) is 4. The minimum atomic E-state index is -4.44. The van der Waals surface area contributed by atoms with Crippen LogP contribution in [-0.2, 0) is 24.1 Å². The summed E-state index contributed by atoms with van der Waals surface area (Å²) in [5.41, 5.74) is 0.568. The van der Waals surface area contributed by atoms with Gasteiger partial charge in [-0.15, -0.1) is 0 Å². The molecule has 0 spiro atoms. The molecule has 3 amide bonds. The fourth-order valence-corrected chi connectivity index (χ4v) is 4.88. The van der Waals surface area contributed by atoms with Gasteiger partial charge in [0.1, 0.15) is 5.25 Å². The van der Waals surface area contributed by atoms with Crippen molar-refractivity contribution in [2.45, 2.75) is 43.7 Å². The summed E-state index contributed by atoms with van der Waals surface area (Å²) >= 11 is 1.10. The molecular weight excluding hydrogens is 471 g/mol. The number of aliphatic imine (C=N–C) groups is 1. The predicted molar refractivity (Wildman–Crippen MR) is 119 cm³/mol. The molecule has 1 saturated heterocycles. The van der Waals surface area contributed by atoms with Gasteiger partial charge in [-0.05, 0) is 36.2 Å². The summed E-state index contributed by atoms with van der Waals surface area (Å²) in [7, 11) is 0. The molecule has 0 saturated carbocycles. The van der Waals surface area contributed by atoms with Crippen molar-refractivity contribution in [3.05, 3.63) is 65.5 Å². The molecule has 34 heavy (non-hydrogen) atoms. The molecule has 1 aromatic carbocycles. The molecule has 2 N–H and O–H groups in total. The van der Waals surface area contributed by atoms with E-state index in [-0.39, 0.29) is 24.2 Å². The van der Waals surface area contributed by atoms with Crippen LogP contribution in [0, 0.1) is 0 Å². The van der Waals surface area contributed by atoms with Gasteiger partial charge >= 0.3 is 12.2 Å². The van der Waals surface area contributed by atoms with E-state index in [0.29, 0.717) is 12.1 Å². The molecular formula is C22H22F3N5O3S. The van der Waals surface area contributed by atoms with Crippen LogP contribution < -0.4 is 5.32 Å². The summed E-state index contributed by atoms with van der Waals surface area (Å²) < 4.78 is 38.3. The van der Waals surface area contributed by atoms with Crippen LogP contribution in [0.5, 0.6) is 0 Å². The second-order valence-electron chi connectivity index (χ2n) is 7.98. The van der Waals surface area contributed by atoms with Crippen molar-refractivity contribution in [1.82, 2.24) is 20.1 Å². The van der Waals surface area contributed by atoms with Gasteiger partial charge in [0.2, 0.25) is 5.91 Å². The smallest absolute Gasteiger partial charge is 0.371 e. The number of aromatic nitrogens is 1. The maximum Gasteiger partial charge on any atom is 0.416 e. The molecule has 4 rings (SSSR count). The second-order valence-corrected chi connectivity index (χ2v) is 9.09. The Morgan fingerprint density at radius 3 is 2.62 bits per heavy atom. The lowest BCUT2D eigenvalue weighted by atomic mass is 10.1. The number of pyridine rings is 1. The molecule has 1 fully saturated rings. The molecule has 12 heteroatoms. The SMILES string of the molecule is CC1N=C(N2C(=O)N(Cc3ccc(C(F)(F)F)cc3)CC2O)SC1C(=O)NCc1cccnc1. The average molecular weight is 494 g/mol. The number of hydrogen-bond donors (Lipinski definition) is 2. The zero-order chi connectivity index (χ0) is 24.5. The van der Waals surface area contributed by atoms with E-state index in [9.17, 15) is 27.9 Å². The molecule has 2 aliphatic heterocycles. The highest BCUT2D eigenvalue weighted by molar-refractivity contribution is 8.15. The number of rotatable bonds is 5. The fourth-order valence-electron chi connectivity index (χ4n) is 3.67. The first-order chi connectivity index (χ1) is 16.1. The van der Waals surface area contributed by atoms with Crippen molar-refractivity contribution in [3.8, 4) is 0 Å². The summed E-state index contributed by atoms with van der Waals surface area (Å²) in [5.74, 6) is -0.247. The molecule has 3 unspecified atom stereocenters. The Bertz CT molecular complexity index is 1080. The van der Waals surface area contributed by atoms with Gasteiger partial charge in [0.05, 0.1) is 18.2 Å². The van der Waals surface area contributed by atoms with Gasteiger partial charge in [0.15, 0.2) is 11.4 Å².